The molecule has 14 rings (SSSR count). The van der Waals surface area contributed by atoms with Crippen molar-refractivity contribution in [2.75, 3.05) is 0 Å². The molecule has 2 aliphatic rings. The molecule has 1 spiro atoms. The number of benzene rings is 9. The molecule has 0 saturated heterocycles. The summed E-state index contributed by atoms with van der Waals surface area (Å²) < 4.78 is 9.28. The zero-order valence-electron chi connectivity index (χ0n) is 34.1. The summed E-state index contributed by atoms with van der Waals surface area (Å²) in [4.78, 5) is 5.38. The monoisotopic (exact) mass is 800 g/mol. The second kappa shape index (κ2) is 12.9. The van der Waals surface area contributed by atoms with Gasteiger partial charge in [-0.2, -0.15) is 0 Å². The first-order chi connectivity index (χ1) is 31.2. The van der Waals surface area contributed by atoms with E-state index in [1.807, 2.05) is 0 Å². The van der Waals surface area contributed by atoms with Gasteiger partial charge in [-0.3, -0.25) is 4.57 Å². The highest BCUT2D eigenvalue weighted by Gasteiger charge is 2.51. The summed E-state index contributed by atoms with van der Waals surface area (Å²) in [5, 5.41) is 4.63. The topological polar surface area (TPSA) is 31.0 Å². The average Bonchev–Trinajstić information content (AvgIpc) is 4.06. The number of nitrogens with zero attached hydrogens (tertiary/aromatic N) is 2. The van der Waals surface area contributed by atoms with Gasteiger partial charge in [0.1, 0.15) is 17.0 Å². The summed E-state index contributed by atoms with van der Waals surface area (Å²) >= 11 is 0. The highest BCUT2D eigenvalue weighted by molar-refractivity contribution is 6.12. The minimum Gasteiger partial charge on any atom is -0.456 e. The van der Waals surface area contributed by atoms with Gasteiger partial charge in [-0.25, -0.2) is 4.98 Å². The lowest BCUT2D eigenvalue weighted by molar-refractivity contribution is 0.666. The fourth-order valence-corrected chi connectivity index (χ4v) is 11.1. The summed E-state index contributed by atoms with van der Waals surface area (Å²) in [6, 6.07) is 79.3. The molecule has 0 unspecified atom stereocenters. The van der Waals surface area contributed by atoms with Crippen LogP contribution in [0.2, 0.25) is 0 Å². The molecule has 0 N–H and O–H groups in total. The number of furan rings is 1. The predicted molar refractivity (Wildman–Crippen MR) is 258 cm³/mol. The first kappa shape index (κ1) is 34.4. The van der Waals surface area contributed by atoms with Crippen LogP contribution in [0, 0.1) is 0 Å². The van der Waals surface area contributed by atoms with Gasteiger partial charge in [0.15, 0.2) is 0 Å². The Hall–Kier alpha value is -8.27. The van der Waals surface area contributed by atoms with Crippen LogP contribution in [0.25, 0.3) is 105 Å². The van der Waals surface area contributed by atoms with E-state index < -0.39 is 5.41 Å². The minimum absolute atomic E-state index is 0.414. The maximum atomic E-state index is 6.94. The molecule has 3 heteroatoms. The molecule has 292 valence electrons. The lowest BCUT2D eigenvalue weighted by atomic mass is 9.70. The summed E-state index contributed by atoms with van der Waals surface area (Å²) in [6.07, 6.45) is 0. The fraction of sp³-hybridized carbons (Fsp3) is 0.0167. The number of hydrogen-bond donors (Lipinski definition) is 0. The largest absolute Gasteiger partial charge is 0.456 e. The Labute approximate surface area is 363 Å². The van der Waals surface area contributed by atoms with Crippen LogP contribution in [0.4, 0.5) is 0 Å². The Morgan fingerprint density at radius 2 is 0.889 bits per heavy atom. The summed E-state index contributed by atoms with van der Waals surface area (Å²) in [5.41, 5.74) is 20.6. The zero-order chi connectivity index (χ0) is 41.2. The first-order valence-electron chi connectivity index (χ1n) is 21.7. The Morgan fingerprint density at radius 1 is 0.333 bits per heavy atom. The summed E-state index contributed by atoms with van der Waals surface area (Å²) in [5.74, 6) is 0.881. The third-order valence-corrected chi connectivity index (χ3v) is 13.8. The number of pyridine rings is 1. The van der Waals surface area contributed by atoms with Crippen molar-refractivity contribution in [3.05, 3.63) is 241 Å². The van der Waals surface area contributed by atoms with Crippen LogP contribution in [0.15, 0.2) is 223 Å². The third-order valence-electron chi connectivity index (χ3n) is 13.8. The molecule has 2 aliphatic carbocycles. The molecule has 12 aromatic rings. The second-order valence-electron chi connectivity index (χ2n) is 17.0. The van der Waals surface area contributed by atoms with Crippen LogP contribution < -0.4 is 0 Å². The molecular formula is C60H36N2O. The normalized spacial score (nSPS) is 13.2. The Kier molecular flexibility index (Phi) is 7.04. The van der Waals surface area contributed by atoms with Crippen molar-refractivity contribution in [2.24, 2.45) is 0 Å². The van der Waals surface area contributed by atoms with Gasteiger partial charge in [-0.15, -0.1) is 0 Å². The number of hydrogen-bond acceptors (Lipinski definition) is 2. The quantitative estimate of drug-likeness (QED) is 0.177. The number of rotatable bonds is 4. The Bertz CT molecular complexity index is 3750. The van der Waals surface area contributed by atoms with E-state index in [-0.39, 0.29) is 0 Å². The lowest BCUT2D eigenvalue weighted by Gasteiger charge is -2.30. The van der Waals surface area contributed by atoms with E-state index in [4.69, 9.17) is 9.40 Å². The average molecular weight is 801 g/mol. The van der Waals surface area contributed by atoms with Crippen molar-refractivity contribution in [2.45, 2.75) is 5.41 Å². The maximum Gasteiger partial charge on any atom is 0.138 e. The van der Waals surface area contributed by atoms with Crippen molar-refractivity contribution in [3.63, 3.8) is 0 Å². The van der Waals surface area contributed by atoms with Gasteiger partial charge >= 0.3 is 0 Å². The van der Waals surface area contributed by atoms with E-state index in [0.29, 0.717) is 0 Å². The zero-order valence-corrected chi connectivity index (χ0v) is 34.1. The molecule has 0 radical (unpaired) electrons. The van der Waals surface area contributed by atoms with E-state index in [2.05, 4.69) is 223 Å². The van der Waals surface area contributed by atoms with E-state index in [1.165, 1.54) is 55.3 Å². The maximum absolute atomic E-state index is 6.94. The van der Waals surface area contributed by atoms with Gasteiger partial charge in [0.2, 0.25) is 0 Å². The lowest BCUT2D eigenvalue weighted by Crippen LogP contribution is -2.25. The Balaban J connectivity index is 0.949. The second-order valence-corrected chi connectivity index (χ2v) is 17.0. The van der Waals surface area contributed by atoms with Crippen LogP contribution in [0.5, 0.6) is 0 Å². The third kappa shape index (κ3) is 4.76. The molecule has 3 nitrogen and oxygen atoms in total. The Morgan fingerprint density at radius 3 is 1.60 bits per heavy atom. The highest BCUT2D eigenvalue weighted by Crippen LogP contribution is 2.63. The smallest absolute Gasteiger partial charge is 0.138 e. The molecule has 0 saturated carbocycles. The van der Waals surface area contributed by atoms with Crippen LogP contribution in [0.1, 0.15) is 22.3 Å². The fourth-order valence-electron chi connectivity index (χ4n) is 11.1. The van der Waals surface area contributed by atoms with Crippen LogP contribution in [-0.2, 0) is 5.41 Å². The summed E-state index contributed by atoms with van der Waals surface area (Å²) in [7, 11) is 0. The van der Waals surface area contributed by atoms with Gasteiger partial charge in [0.05, 0.1) is 22.1 Å². The van der Waals surface area contributed by atoms with Gasteiger partial charge in [-0.05, 0) is 115 Å². The van der Waals surface area contributed by atoms with Crippen molar-refractivity contribution in [1.29, 1.82) is 0 Å². The van der Waals surface area contributed by atoms with Crippen molar-refractivity contribution in [1.82, 2.24) is 9.55 Å². The standard InChI is InChI=1S/C60H36N2O/c1-3-15-37(16-4-1)41-31-54(38-17-5-2-6-18-38)61-59(34-41)62-55-26-14-10-22-45(55)46-29-27-39(32-56(46)62)40-28-30-47-49-35-48-44-21-9-13-25-52(44)60(53(48)36-58(49)63-57(47)33-40)50-23-11-7-19-42(50)43-20-8-12-24-51(43)60/h1-36H. The van der Waals surface area contributed by atoms with Crippen molar-refractivity contribution >= 4 is 43.7 Å². The number of para-hydroxylation sites is 1. The van der Waals surface area contributed by atoms with Crippen LogP contribution in [-0.4, -0.2) is 9.55 Å². The van der Waals surface area contributed by atoms with E-state index in [1.54, 1.807) is 0 Å². The molecule has 0 fully saturated rings. The molecule has 63 heavy (non-hydrogen) atoms. The molecular weight excluding hydrogens is 765 g/mol. The molecule has 0 amide bonds. The van der Waals surface area contributed by atoms with E-state index in [0.717, 1.165) is 72.3 Å². The van der Waals surface area contributed by atoms with Crippen molar-refractivity contribution < 1.29 is 4.42 Å². The van der Waals surface area contributed by atoms with E-state index in [9.17, 15) is 0 Å². The predicted octanol–water partition coefficient (Wildman–Crippen LogP) is 15.4. The van der Waals surface area contributed by atoms with Crippen LogP contribution in [0.3, 0.4) is 0 Å². The molecule has 9 aromatic carbocycles. The van der Waals surface area contributed by atoms with Gasteiger partial charge in [0.25, 0.3) is 0 Å². The first-order valence-corrected chi connectivity index (χ1v) is 21.7. The van der Waals surface area contributed by atoms with Crippen molar-refractivity contribution in [3.8, 4) is 61.6 Å². The number of fused-ring (bicyclic) bond motifs is 16. The highest BCUT2D eigenvalue weighted by atomic mass is 16.3. The van der Waals surface area contributed by atoms with Crippen LogP contribution >= 0.6 is 0 Å². The molecule has 3 aromatic heterocycles. The summed E-state index contributed by atoms with van der Waals surface area (Å²) in [6.45, 7) is 0. The minimum atomic E-state index is -0.414. The van der Waals surface area contributed by atoms with E-state index >= 15 is 0 Å². The molecule has 3 heterocycles. The molecule has 0 bridgehead atoms. The van der Waals surface area contributed by atoms with Gasteiger partial charge in [0, 0.05) is 27.1 Å². The van der Waals surface area contributed by atoms with Gasteiger partial charge in [-0.1, -0.05) is 170 Å². The van der Waals surface area contributed by atoms with Gasteiger partial charge < -0.3 is 4.42 Å². The molecule has 0 atom stereocenters. The SMILES string of the molecule is c1ccc(-c2cc(-c3ccccc3)nc(-n3c4ccccc4c4ccc(-c5ccc6c(c5)oc5cc7c(cc56)-c5ccccc5C75c6ccccc6-c6ccccc65)cc43)c2)cc1. The number of aromatic nitrogens is 2. The molecule has 0 aliphatic heterocycles.